The molecule has 0 unspecified atom stereocenters. The summed E-state index contributed by atoms with van der Waals surface area (Å²) in [5, 5.41) is 2.82. The summed E-state index contributed by atoms with van der Waals surface area (Å²) in [6, 6.07) is 6.82. The fourth-order valence-electron chi connectivity index (χ4n) is 2.26. The van der Waals surface area contributed by atoms with E-state index in [4.69, 9.17) is 9.47 Å². The van der Waals surface area contributed by atoms with Crippen molar-refractivity contribution in [3.8, 4) is 0 Å². The Labute approximate surface area is 130 Å². The molecule has 0 bridgehead atoms. The molecule has 1 aromatic carbocycles. The van der Waals surface area contributed by atoms with Crippen LogP contribution in [0.5, 0.6) is 0 Å². The largest absolute Gasteiger partial charge is 0.385 e. The average molecular weight is 306 g/mol. The molecule has 0 saturated carbocycles. The smallest absolute Gasteiger partial charge is 0.254 e. The Morgan fingerprint density at radius 1 is 1.27 bits per heavy atom. The van der Waals surface area contributed by atoms with Gasteiger partial charge in [0, 0.05) is 44.5 Å². The Morgan fingerprint density at radius 2 is 2.00 bits per heavy atom. The summed E-state index contributed by atoms with van der Waals surface area (Å²) in [4.78, 5) is 26.2. The number of hydrogen-bond acceptors (Lipinski definition) is 4. The maximum atomic E-state index is 12.4. The molecule has 2 rings (SSSR count). The third-order valence-corrected chi connectivity index (χ3v) is 3.48. The Morgan fingerprint density at radius 3 is 2.73 bits per heavy atom. The Bertz CT molecular complexity index is 513. The van der Waals surface area contributed by atoms with Gasteiger partial charge < -0.3 is 19.7 Å². The Hall–Kier alpha value is -1.92. The number of carbonyl (C=O) groups excluding carboxylic acids is 2. The molecule has 2 amide bonds. The standard InChI is InChI=1S/C16H22N2O4/c1-21-9-3-6-17-15(19)13-4-2-5-14(12-13)16(20)18-7-10-22-11-8-18/h2,4-5,12H,3,6-11H2,1H3,(H,17,19). The number of amides is 2. The second kappa shape index (κ2) is 8.51. The van der Waals surface area contributed by atoms with Crippen LogP contribution in [-0.2, 0) is 9.47 Å². The van der Waals surface area contributed by atoms with Crippen LogP contribution in [0.2, 0.25) is 0 Å². The van der Waals surface area contributed by atoms with E-state index in [0.717, 1.165) is 6.42 Å². The number of hydrogen-bond donors (Lipinski definition) is 1. The van der Waals surface area contributed by atoms with Crippen LogP contribution in [0.25, 0.3) is 0 Å². The van der Waals surface area contributed by atoms with Crippen LogP contribution in [0.3, 0.4) is 0 Å². The molecule has 0 atom stereocenters. The van der Waals surface area contributed by atoms with Crippen LogP contribution < -0.4 is 5.32 Å². The summed E-state index contributed by atoms with van der Waals surface area (Å²) in [6.45, 7) is 3.46. The van der Waals surface area contributed by atoms with E-state index < -0.39 is 0 Å². The third kappa shape index (κ3) is 4.54. The van der Waals surface area contributed by atoms with Gasteiger partial charge in [-0.05, 0) is 24.6 Å². The van der Waals surface area contributed by atoms with Gasteiger partial charge >= 0.3 is 0 Å². The minimum atomic E-state index is -0.173. The minimum absolute atomic E-state index is 0.0580. The van der Waals surface area contributed by atoms with E-state index in [9.17, 15) is 9.59 Å². The van der Waals surface area contributed by atoms with Gasteiger partial charge in [0.05, 0.1) is 13.2 Å². The van der Waals surface area contributed by atoms with Gasteiger partial charge in [-0.2, -0.15) is 0 Å². The number of nitrogens with zero attached hydrogens (tertiary/aromatic N) is 1. The van der Waals surface area contributed by atoms with Crippen molar-refractivity contribution in [3.63, 3.8) is 0 Å². The number of morpholine rings is 1. The normalized spacial score (nSPS) is 14.7. The van der Waals surface area contributed by atoms with E-state index in [1.165, 1.54) is 0 Å². The zero-order valence-corrected chi connectivity index (χ0v) is 12.8. The van der Waals surface area contributed by atoms with Gasteiger partial charge in [-0.1, -0.05) is 6.07 Å². The van der Waals surface area contributed by atoms with Crippen molar-refractivity contribution >= 4 is 11.8 Å². The maximum Gasteiger partial charge on any atom is 0.254 e. The molecule has 0 radical (unpaired) electrons. The molecular formula is C16H22N2O4. The summed E-state index contributed by atoms with van der Waals surface area (Å²) in [5.74, 6) is -0.231. The van der Waals surface area contributed by atoms with Crippen molar-refractivity contribution in [2.45, 2.75) is 6.42 Å². The lowest BCUT2D eigenvalue weighted by Gasteiger charge is -2.27. The van der Waals surface area contributed by atoms with E-state index in [1.807, 2.05) is 0 Å². The number of nitrogens with one attached hydrogen (secondary N) is 1. The highest BCUT2D eigenvalue weighted by Crippen LogP contribution is 2.10. The molecule has 22 heavy (non-hydrogen) atoms. The first-order valence-corrected chi connectivity index (χ1v) is 7.46. The first-order valence-electron chi connectivity index (χ1n) is 7.46. The van der Waals surface area contributed by atoms with E-state index in [2.05, 4.69) is 5.32 Å². The number of ether oxygens (including phenoxy) is 2. The zero-order valence-electron chi connectivity index (χ0n) is 12.8. The second-order valence-corrected chi connectivity index (χ2v) is 5.09. The van der Waals surface area contributed by atoms with Crippen LogP contribution in [0.4, 0.5) is 0 Å². The molecule has 1 fully saturated rings. The third-order valence-electron chi connectivity index (χ3n) is 3.48. The SMILES string of the molecule is COCCCNC(=O)c1cccc(C(=O)N2CCOCC2)c1. The van der Waals surface area contributed by atoms with Gasteiger partial charge in [-0.25, -0.2) is 0 Å². The summed E-state index contributed by atoms with van der Waals surface area (Å²) < 4.78 is 10.2. The Balaban J connectivity index is 1.96. The molecule has 120 valence electrons. The van der Waals surface area contributed by atoms with Crippen molar-refractivity contribution < 1.29 is 19.1 Å². The number of rotatable bonds is 6. The van der Waals surface area contributed by atoms with Crippen molar-refractivity contribution in [3.05, 3.63) is 35.4 Å². The van der Waals surface area contributed by atoms with E-state index in [1.54, 1.807) is 36.3 Å². The predicted molar refractivity (Wildman–Crippen MR) is 82.0 cm³/mol. The average Bonchev–Trinajstić information content (AvgIpc) is 2.59. The Kier molecular flexibility index (Phi) is 6.36. The van der Waals surface area contributed by atoms with Gasteiger partial charge in [0.25, 0.3) is 11.8 Å². The molecule has 1 N–H and O–H groups in total. The molecule has 1 aromatic rings. The lowest BCUT2D eigenvalue weighted by Crippen LogP contribution is -2.40. The number of methoxy groups -OCH3 is 1. The highest BCUT2D eigenvalue weighted by molar-refractivity contribution is 5.99. The summed E-state index contributed by atoms with van der Waals surface area (Å²) in [5.41, 5.74) is 1.03. The molecule has 1 aliphatic rings. The molecule has 0 aromatic heterocycles. The lowest BCUT2D eigenvalue weighted by atomic mass is 10.1. The van der Waals surface area contributed by atoms with Crippen molar-refractivity contribution in [1.82, 2.24) is 10.2 Å². The molecule has 1 saturated heterocycles. The number of carbonyl (C=O) groups is 2. The van der Waals surface area contributed by atoms with Crippen molar-refractivity contribution in [2.75, 3.05) is 46.6 Å². The molecule has 6 heteroatoms. The molecule has 6 nitrogen and oxygen atoms in total. The highest BCUT2D eigenvalue weighted by Gasteiger charge is 2.19. The molecule has 1 heterocycles. The van der Waals surface area contributed by atoms with Crippen LogP contribution in [0, 0.1) is 0 Å². The zero-order chi connectivity index (χ0) is 15.8. The van der Waals surface area contributed by atoms with Gasteiger partial charge in [0.1, 0.15) is 0 Å². The van der Waals surface area contributed by atoms with Gasteiger partial charge in [-0.3, -0.25) is 9.59 Å². The molecule has 0 spiro atoms. The van der Waals surface area contributed by atoms with Crippen molar-refractivity contribution in [2.24, 2.45) is 0 Å². The van der Waals surface area contributed by atoms with E-state index >= 15 is 0 Å². The van der Waals surface area contributed by atoms with Crippen LogP contribution in [0.15, 0.2) is 24.3 Å². The van der Waals surface area contributed by atoms with Crippen LogP contribution in [-0.4, -0.2) is 63.3 Å². The fourth-order valence-corrected chi connectivity index (χ4v) is 2.26. The van der Waals surface area contributed by atoms with E-state index in [0.29, 0.717) is 50.6 Å². The first kappa shape index (κ1) is 16.5. The molecular weight excluding hydrogens is 284 g/mol. The molecule has 0 aliphatic carbocycles. The highest BCUT2D eigenvalue weighted by atomic mass is 16.5. The minimum Gasteiger partial charge on any atom is -0.385 e. The summed E-state index contributed by atoms with van der Waals surface area (Å²) in [6.07, 6.45) is 0.759. The maximum absolute atomic E-state index is 12.4. The summed E-state index contributed by atoms with van der Waals surface area (Å²) >= 11 is 0. The monoisotopic (exact) mass is 306 g/mol. The topological polar surface area (TPSA) is 67.9 Å². The summed E-state index contributed by atoms with van der Waals surface area (Å²) in [7, 11) is 1.63. The van der Waals surface area contributed by atoms with Crippen LogP contribution >= 0.6 is 0 Å². The quantitative estimate of drug-likeness (QED) is 0.794. The van der Waals surface area contributed by atoms with Gasteiger partial charge in [0.2, 0.25) is 0 Å². The second-order valence-electron chi connectivity index (χ2n) is 5.09. The van der Waals surface area contributed by atoms with Gasteiger partial charge in [-0.15, -0.1) is 0 Å². The fraction of sp³-hybridized carbons (Fsp3) is 0.500. The number of benzene rings is 1. The predicted octanol–water partition coefficient (Wildman–Crippen LogP) is 0.925. The first-order chi connectivity index (χ1) is 10.7. The van der Waals surface area contributed by atoms with Crippen LogP contribution in [0.1, 0.15) is 27.1 Å². The van der Waals surface area contributed by atoms with E-state index in [-0.39, 0.29) is 11.8 Å². The molecule has 1 aliphatic heterocycles. The van der Waals surface area contributed by atoms with Gasteiger partial charge in [0.15, 0.2) is 0 Å². The lowest BCUT2D eigenvalue weighted by molar-refractivity contribution is 0.0303. The van der Waals surface area contributed by atoms with Crippen molar-refractivity contribution in [1.29, 1.82) is 0 Å².